The van der Waals surface area contributed by atoms with E-state index in [9.17, 15) is 9.35 Å². The maximum absolute atomic E-state index is 13.2. The molecule has 0 bridgehead atoms. The predicted molar refractivity (Wildman–Crippen MR) is 123 cm³/mol. The fourth-order valence-corrected chi connectivity index (χ4v) is 4.11. The maximum atomic E-state index is 13.2. The van der Waals surface area contributed by atoms with E-state index in [1.807, 2.05) is 71.0 Å². The molecule has 160 valence electrons. The first-order chi connectivity index (χ1) is 14.0. The standard InChI is InChI=1S/C24H29NO4S/c1-14-12-19(16(3)25-30(27)24(4,5)6)23-20(13-14)21(26)15(2)22(29-23)17-8-10-18(28-7)11-9-17/h8-13,16,25H,1-7H3/t16-,30?/m1/s1. The summed E-state index contributed by atoms with van der Waals surface area (Å²) in [5.74, 6) is 1.27. The van der Waals surface area contributed by atoms with Gasteiger partial charge in [-0.05, 0) is 77.4 Å². The van der Waals surface area contributed by atoms with Crippen LogP contribution in [0.25, 0.3) is 22.3 Å². The van der Waals surface area contributed by atoms with Crippen molar-refractivity contribution >= 4 is 22.3 Å². The van der Waals surface area contributed by atoms with Crippen LogP contribution in [0.1, 0.15) is 50.4 Å². The van der Waals surface area contributed by atoms with Crippen LogP contribution in [0.3, 0.4) is 0 Å². The van der Waals surface area contributed by atoms with E-state index in [1.54, 1.807) is 14.0 Å². The van der Waals surface area contributed by atoms with Crippen LogP contribution in [0.4, 0.5) is 0 Å². The zero-order valence-electron chi connectivity index (χ0n) is 18.6. The fourth-order valence-electron chi connectivity index (χ4n) is 3.31. The number of ether oxygens (including phenoxy) is 1. The molecule has 3 rings (SSSR count). The average molecular weight is 428 g/mol. The van der Waals surface area contributed by atoms with Crippen LogP contribution in [-0.4, -0.2) is 16.4 Å². The molecule has 2 aromatic carbocycles. The first kappa shape index (κ1) is 22.4. The molecule has 0 aliphatic carbocycles. The summed E-state index contributed by atoms with van der Waals surface area (Å²) in [4.78, 5) is 13.2. The third kappa shape index (κ3) is 4.41. The lowest BCUT2D eigenvalue weighted by molar-refractivity contribution is 0.415. The molecule has 1 heterocycles. The van der Waals surface area contributed by atoms with Gasteiger partial charge in [-0.15, -0.1) is 4.72 Å². The minimum absolute atomic E-state index is 0.0591. The molecule has 2 atom stereocenters. The highest BCUT2D eigenvalue weighted by atomic mass is 32.2. The summed E-state index contributed by atoms with van der Waals surface area (Å²) < 4.78 is 26.9. The van der Waals surface area contributed by atoms with Crippen LogP contribution >= 0.6 is 0 Å². The molecule has 1 aromatic heterocycles. The van der Waals surface area contributed by atoms with E-state index < -0.39 is 16.1 Å². The number of rotatable bonds is 5. The van der Waals surface area contributed by atoms with Crippen molar-refractivity contribution in [2.24, 2.45) is 0 Å². The highest BCUT2D eigenvalue weighted by Gasteiger charge is 2.29. The van der Waals surface area contributed by atoms with Crippen LogP contribution in [0, 0.1) is 13.8 Å². The summed E-state index contributed by atoms with van der Waals surface area (Å²) in [6, 6.07) is 11.0. The summed E-state index contributed by atoms with van der Waals surface area (Å²) >= 11 is -1.26. The van der Waals surface area contributed by atoms with Gasteiger partial charge in [0.05, 0.1) is 18.5 Å². The lowest BCUT2D eigenvalue weighted by Crippen LogP contribution is -2.40. The molecule has 0 aliphatic rings. The van der Waals surface area contributed by atoms with Crippen LogP contribution < -0.4 is 14.9 Å². The van der Waals surface area contributed by atoms with Gasteiger partial charge in [0.2, 0.25) is 0 Å². The first-order valence-electron chi connectivity index (χ1n) is 9.93. The van der Waals surface area contributed by atoms with Gasteiger partial charge in [0.1, 0.15) is 21.8 Å². The van der Waals surface area contributed by atoms with Crippen molar-refractivity contribution in [1.82, 2.24) is 4.72 Å². The molecule has 0 radical (unpaired) electrons. The molecule has 0 saturated heterocycles. The van der Waals surface area contributed by atoms with Gasteiger partial charge in [0.15, 0.2) is 5.43 Å². The maximum Gasteiger partial charge on any atom is 0.196 e. The number of nitrogens with one attached hydrogen (secondary N) is 1. The molecule has 0 aliphatic heterocycles. The molecule has 5 nitrogen and oxygen atoms in total. The Morgan fingerprint density at radius 2 is 1.77 bits per heavy atom. The summed E-state index contributed by atoms with van der Waals surface area (Å²) in [5, 5.41) is 0.537. The molecule has 0 amide bonds. The van der Waals surface area contributed by atoms with Gasteiger partial charge in [-0.1, -0.05) is 6.07 Å². The largest absolute Gasteiger partial charge is 0.598 e. The van der Waals surface area contributed by atoms with Gasteiger partial charge < -0.3 is 13.7 Å². The second-order valence-corrected chi connectivity index (χ2v) is 10.6. The minimum atomic E-state index is -1.26. The smallest absolute Gasteiger partial charge is 0.196 e. The van der Waals surface area contributed by atoms with E-state index in [4.69, 9.17) is 9.15 Å². The second kappa shape index (κ2) is 8.46. The van der Waals surface area contributed by atoms with E-state index in [0.717, 1.165) is 22.4 Å². The summed E-state index contributed by atoms with van der Waals surface area (Å²) in [5.41, 5.74) is 3.59. The predicted octanol–water partition coefficient (Wildman–Crippen LogP) is 5.20. The molecule has 3 aromatic rings. The lowest BCUT2D eigenvalue weighted by atomic mass is 9.99. The molecule has 1 N–H and O–H groups in total. The Hall–Kier alpha value is -2.28. The van der Waals surface area contributed by atoms with E-state index >= 15 is 0 Å². The molecule has 0 spiro atoms. The molecule has 0 saturated carbocycles. The van der Waals surface area contributed by atoms with Gasteiger partial charge in [-0.3, -0.25) is 4.79 Å². The normalized spacial score (nSPS) is 14.0. The highest BCUT2D eigenvalue weighted by Crippen LogP contribution is 2.32. The number of methoxy groups -OCH3 is 1. The topological polar surface area (TPSA) is 74.5 Å². The van der Waals surface area contributed by atoms with Crippen molar-refractivity contribution in [3.05, 3.63) is 63.3 Å². The van der Waals surface area contributed by atoms with Gasteiger partial charge in [-0.2, -0.15) is 0 Å². The Balaban J connectivity index is 2.18. The Kier molecular flexibility index (Phi) is 6.32. The fraction of sp³-hybridized carbons (Fsp3) is 0.375. The zero-order chi connectivity index (χ0) is 22.2. The number of hydrogen-bond acceptors (Lipinski definition) is 5. The van der Waals surface area contributed by atoms with Crippen LogP contribution in [0.2, 0.25) is 0 Å². The molecule has 1 unspecified atom stereocenters. The zero-order valence-corrected chi connectivity index (χ0v) is 19.4. The van der Waals surface area contributed by atoms with Crippen LogP contribution in [0.5, 0.6) is 5.75 Å². The summed E-state index contributed by atoms with van der Waals surface area (Å²) in [6.07, 6.45) is 0. The van der Waals surface area contributed by atoms with Gasteiger partial charge >= 0.3 is 0 Å². The third-order valence-electron chi connectivity index (χ3n) is 5.05. The van der Waals surface area contributed by atoms with Crippen molar-refractivity contribution in [1.29, 1.82) is 0 Å². The Morgan fingerprint density at radius 1 is 1.13 bits per heavy atom. The molecular weight excluding hydrogens is 398 g/mol. The second-order valence-electron chi connectivity index (χ2n) is 8.57. The highest BCUT2D eigenvalue weighted by molar-refractivity contribution is 7.90. The first-order valence-corrected chi connectivity index (χ1v) is 11.1. The molecule has 6 heteroatoms. The van der Waals surface area contributed by atoms with E-state index in [-0.39, 0.29) is 11.5 Å². The molecule has 0 fully saturated rings. The van der Waals surface area contributed by atoms with E-state index in [1.165, 1.54) is 0 Å². The Bertz CT molecular complexity index is 1110. The SMILES string of the molecule is COc1ccc(-c2oc3c([C@@H](C)N[S+]([O-])C(C)(C)C)cc(C)cc3c(=O)c2C)cc1. The van der Waals surface area contributed by atoms with Crippen LogP contribution in [0.15, 0.2) is 45.6 Å². The van der Waals surface area contributed by atoms with Gasteiger partial charge in [-0.25, -0.2) is 0 Å². The van der Waals surface area contributed by atoms with E-state index in [2.05, 4.69) is 4.72 Å². The van der Waals surface area contributed by atoms with Crippen molar-refractivity contribution in [2.75, 3.05) is 7.11 Å². The van der Waals surface area contributed by atoms with Gasteiger partial charge in [0, 0.05) is 28.1 Å². The van der Waals surface area contributed by atoms with E-state index in [0.29, 0.717) is 22.3 Å². The Labute approximate surface area is 180 Å². The third-order valence-corrected chi connectivity index (χ3v) is 6.73. The Morgan fingerprint density at radius 3 is 2.33 bits per heavy atom. The average Bonchev–Trinajstić information content (AvgIpc) is 2.69. The number of hydrogen-bond donors (Lipinski definition) is 1. The number of fused-ring (bicyclic) bond motifs is 1. The van der Waals surface area contributed by atoms with Crippen molar-refractivity contribution < 1.29 is 13.7 Å². The summed E-state index contributed by atoms with van der Waals surface area (Å²) in [6.45, 7) is 11.4. The quantitative estimate of drug-likeness (QED) is 0.567. The number of benzene rings is 2. The summed E-state index contributed by atoms with van der Waals surface area (Å²) in [7, 11) is 1.61. The minimum Gasteiger partial charge on any atom is -0.598 e. The van der Waals surface area contributed by atoms with Gasteiger partial charge in [0.25, 0.3) is 0 Å². The monoisotopic (exact) mass is 427 g/mol. The number of aryl methyl sites for hydroxylation is 1. The lowest BCUT2D eigenvalue weighted by Gasteiger charge is -2.27. The van der Waals surface area contributed by atoms with Crippen molar-refractivity contribution in [3.8, 4) is 17.1 Å². The van der Waals surface area contributed by atoms with Crippen molar-refractivity contribution in [2.45, 2.75) is 52.3 Å². The molecular formula is C24H29NO4S. The molecule has 30 heavy (non-hydrogen) atoms. The van der Waals surface area contributed by atoms with Crippen LogP contribution in [-0.2, 0) is 11.4 Å². The van der Waals surface area contributed by atoms with Crippen molar-refractivity contribution in [3.63, 3.8) is 0 Å².